The van der Waals surface area contributed by atoms with Gasteiger partial charge in [0.1, 0.15) is 0 Å². The van der Waals surface area contributed by atoms with Gasteiger partial charge < -0.3 is 14.0 Å². The molecule has 0 saturated heterocycles. The summed E-state index contributed by atoms with van der Waals surface area (Å²) < 4.78 is 4.79. The van der Waals surface area contributed by atoms with E-state index in [0.717, 1.165) is 5.69 Å². The van der Waals surface area contributed by atoms with Crippen LogP contribution in [-0.4, -0.2) is 9.13 Å². The molecule has 1 aliphatic heterocycles. The smallest absolute Gasteiger partial charge is 0.0541 e. The third-order valence-corrected chi connectivity index (χ3v) is 12.9. The Labute approximate surface area is 349 Å². The molecule has 0 N–H and O–H groups in total. The fraction of sp³-hybridized carbons (Fsp3) is 0.0526. The van der Waals surface area contributed by atoms with Gasteiger partial charge >= 0.3 is 0 Å². The first-order chi connectivity index (χ1) is 29.5. The number of fused-ring (bicyclic) bond motifs is 8. The molecule has 284 valence electrons. The van der Waals surface area contributed by atoms with Crippen LogP contribution >= 0.6 is 0 Å². The number of anilines is 3. The SMILES string of the molecule is CC1(C)c2ccccc2N(c2ccccc2)c2ccc(-c3ccc4c(c3)c3ccccc3n4-c3ccc(-c4ccc5c(c4)c4ccccc4n5-c4ccccc4)cc3)cc21. The molecule has 60 heavy (non-hydrogen) atoms. The lowest BCUT2D eigenvalue weighted by Gasteiger charge is -2.42. The predicted molar refractivity (Wildman–Crippen MR) is 253 cm³/mol. The summed E-state index contributed by atoms with van der Waals surface area (Å²) in [5, 5.41) is 5.02. The van der Waals surface area contributed by atoms with Gasteiger partial charge in [-0.15, -0.1) is 0 Å². The van der Waals surface area contributed by atoms with Crippen LogP contribution in [0.1, 0.15) is 25.0 Å². The van der Waals surface area contributed by atoms with E-state index in [-0.39, 0.29) is 5.41 Å². The second-order valence-corrected chi connectivity index (χ2v) is 16.6. The van der Waals surface area contributed by atoms with Gasteiger partial charge in [-0.1, -0.05) is 135 Å². The lowest BCUT2D eigenvalue weighted by molar-refractivity contribution is 0.632. The number of nitrogens with zero attached hydrogens (tertiary/aromatic N) is 3. The largest absolute Gasteiger partial charge is 0.310 e. The number of benzene rings is 9. The highest BCUT2D eigenvalue weighted by Gasteiger charge is 2.37. The zero-order valence-corrected chi connectivity index (χ0v) is 33.5. The standard InChI is InChI=1S/C57H41N3/c1-57(2)49-21-11-14-24-55(49)60(43-17-7-4-8-18-43)56-34-29-41(37-50(56)57)40-28-33-54-48(36-40)46-20-10-13-23-52(46)59(54)44-30-25-38(26-31-44)39-27-32-53-47(35-39)45-19-9-12-22-51(45)58(53)42-15-5-3-6-16-42/h3-37H,1-2H3. The van der Waals surface area contributed by atoms with E-state index in [9.17, 15) is 0 Å². The van der Waals surface area contributed by atoms with E-state index >= 15 is 0 Å². The van der Waals surface area contributed by atoms with Crippen molar-refractivity contribution in [2.24, 2.45) is 0 Å². The average Bonchev–Trinajstić information content (AvgIpc) is 3.82. The van der Waals surface area contributed by atoms with E-state index in [1.807, 2.05) is 0 Å². The summed E-state index contributed by atoms with van der Waals surface area (Å²) in [6.45, 7) is 4.73. The van der Waals surface area contributed by atoms with Crippen molar-refractivity contribution < 1.29 is 0 Å². The van der Waals surface area contributed by atoms with E-state index in [4.69, 9.17) is 0 Å². The first-order valence-electron chi connectivity index (χ1n) is 20.9. The molecule has 3 heterocycles. The molecule has 9 aromatic carbocycles. The molecule has 1 aliphatic rings. The van der Waals surface area contributed by atoms with E-state index in [1.165, 1.54) is 99.7 Å². The van der Waals surface area contributed by atoms with Gasteiger partial charge in [0.15, 0.2) is 0 Å². The first-order valence-corrected chi connectivity index (χ1v) is 20.9. The molecule has 0 bridgehead atoms. The summed E-state index contributed by atoms with van der Waals surface area (Å²) in [4.78, 5) is 2.42. The van der Waals surface area contributed by atoms with E-state index in [0.29, 0.717) is 0 Å². The van der Waals surface area contributed by atoms with Crippen molar-refractivity contribution in [3.63, 3.8) is 0 Å². The molecule has 11 aromatic rings. The molecule has 2 aromatic heterocycles. The van der Waals surface area contributed by atoms with E-state index in [2.05, 4.69) is 240 Å². The Kier molecular flexibility index (Phi) is 7.58. The van der Waals surface area contributed by atoms with Crippen molar-refractivity contribution in [3.8, 4) is 33.6 Å². The molecular weight excluding hydrogens is 727 g/mol. The number of rotatable bonds is 5. The Morgan fingerprint density at radius 1 is 0.300 bits per heavy atom. The van der Waals surface area contributed by atoms with Crippen LogP contribution in [-0.2, 0) is 5.41 Å². The molecule has 0 spiro atoms. The van der Waals surface area contributed by atoms with Crippen LogP contribution in [0.5, 0.6) is 0 Å². The van der Waals surface area contributed by atoms with Crippen molar-refractivity contribution in [3.05, 3.63) is 223 Å². The summed E-state index contributed by atoms with van der Waals surface area (Å²) in [6, 6.07) is 77.8. The highest BCUT2D eigenvalue weighted by molar-refractivity contribution is 6.12. The molecular formula is C57H41N3. The van der Waals surface area contributed by atoms with Crippen molar-refractivity contribution in [2.45, 2.75) is 19.3 Å². The van der Waals surface area contributed by atoms with Gasteiger partial charge in [0.25, 0.3) is 0 Å². The number of hydrogen-bond acceptors (Lipinski definition) is 1. The molecule has 0 unspecified atom stereocenters. The predicted octanol–water partition coefficient (Wildman–Crippen LogP) is 15.3. The maximum absolute atomic E-state index is 2.43. The Balaban J connectivity index is 0.938. The summed E-state index contributed by atoms with van der Waals surface area (Å²) in [5.74, 6) is 0. The molecule has 12 rings (SSSR count). The fourth-order valence-electron chi connectivity index (χ4n) is 9.98. The number of hydrogen-bond donors (Lipinski definition) is 0. The van der Waals surface area contributed by atoms with E-state index in [1.54, 1.807) is 0 Å². The fourth-order valence-corrected chi connectivity index (χ4v) is 9.98. The lowest BCUT2D eigenvalue weighted by atomic mass is 9.73. The van der Waals surface area contributed by atoms with Gasteiger partial charge in [0, 0.05) is 44.0 Å². The van der Waals surface area contributed by atoms with Crippen molar-refractivity contribution in [1.29, 1.82) is 0 Å². The molecule has 3 nitrogen and oxygen atoms in total. The normalized spacial score (nSPS) is 13.3. The molecule has 0 fully saturated rings. The topological polar surface area (TPSA) is 13.1 Å². The highest BCUT2D eigenvalue weighted by atomic mass is 15.2. The molecule has 0 radical (unpaired) electrons. The summed E-state index contributed by atoms with van der Waals surface area (Å²) in [5.41, 5.74) is 18.1. The van der Waals surface area contributed by atoms with E-state index < -0.39 is 0 Å². The molecule has 0 aliphatic carbocycles. The van der Waals surface area contributed by atoms with Gasteiger partial charge in [-0.2, -0.15) is 0 Å². The minimum atomic E-state index is -0.174. The lowest BCUT2D eigenvalue weighted by Crippen LogP contribution is -2.30. The van der Waals surface area contributed by atoms with Gasteiger partial charge in [0.2, 0.25) is 0 Å². The Hall–Kier alpha value is -7.62. The highest BCUT2D eigenvalue weighted by Crippen LogP contribution is 2.52. The van der Waals surface area contributed by atoms with Crippen LogP contribution < -0.4 is 4.90 Å². The van der Waals surface area contributed by atoms with Gasteiger partial charge in [0.05, 0.1) is 33.4 Å². The second kappa shape index (κ2) is 13.2. The van der Waals surface area contributed by atoms with Crippen LogP contribution in [0.15, 0.2) is 212 Å². The molecule has 3 heteroatoms. The van der Waals surface area contributed by atoms with Crippen LogP contribution in [0.2, 0.25) is 0 Å². The van der Waals surface area contributed by atoms with Crippen LogP contribution in [0.3, 0.4) is 0 Å². The maximum Gasteiger partial charge on any atom is 0.0541 e. The van der Waals surface area contributed by atoms with Gasteiger partial charge in [-0.05, 0) is 124 Å². The number of aromatic nitrogens is 2. The first kappa shape index (κ1) is 34.4. The zero-order valence-electron chi connectivity index (χ0n) is 33.5. The Morgan fingerprint density at radius 3 is 1.37 bits per heavy atom. The Morgan fingerprint density at radius 2 is 0.733 bits per heavy atom. The van der Waals surface area contributed by atoms with Crippen molar-refractivity contribution >= 4 is 60.7 Å². The molecule has 0 amide bonds. The summed E-state index contributed by atoms with van der Waals surface area (Å²) in [6.07, 6.45) is 0. The van der Waals surface area contributed by atoms with Gasteiger partial charge in [-0.3, -0.25) is 0 Å². The molecule has 0 atom stereocenters. The summed E-state index contributed by atoms with van der Waals surface area (Å²) in [7, 11) is 0. The van der Waals surface area contributed by atoms with Crippen LogP contribution in [0.4, 0.5) is 17.1 Å². The average molecular weight is 768 g/mol. The molecule has 0 saturated carbocycles. The van der Waals surface area contributed by atoms with Crippen LogP contribution in [0.25, 0.3) is 77.2 Å². The van der Waals surface area contributed by atoms with Gasteiger partial charge in [-0.25, -0.2) is 0 Å². The maximum atomic E-state index is 2.43. The van der Waals surface area contributed by atoms with Crippen LogP contribution in [0, 0.1) is 0 Å². The minimum Gasteiger partial charge on any atom is -0.310 e. The zero-order chi connectivity index (χ0) is 40.0. The Bertz CT molecular complexity index is 3440. The second-order valence-electron chi connectivity index (χ2n) is 16.6. The third-order valence-electron chi connectivity index (χ3n) is 12.9. The minimum absolute atomic E-state index is 0.174. The third kappa shape index (κ3) is 5.15. The van der Waals surface area contributed by atoms with Crippen molar-refractivity contribution in [2.75, 3.05) is 4.90 Å². The number of para-hydroxylation sites is 5. The monoisotopic (exact) mass is 767 g/mol. The summed E-state index contributed by atoms with van der Waals surface area (Å²) >= 11 is 0. The van der Waals surface area contributed by atoms with Crippen molar-refractivity contribution in [1.82, 2.24) is 9.13 Å². The quantitative estimate of drug-likeness (QED) is 0.170.